The number of rotatable bonds is 8. The Hall–Kier alpha value is -3.66. The van der Waals surface area contributed by atoms with Crippen LogP contribution in [0.1, 0.15) is 21.5 Å². The highest BCUT2D eigenvalue weighted by atomic mass is 35.5. The number of carbonyl (C=O) groups is 1. The number of hydrogen-bond donors (Lipinski definition) is 1. The predicted molar refractivity (Wildman–Crippen MR) is 147 cm³/mol. The number of hydrogen-bond acceptors (Lipinski definition) is 6. The van der Waals surface area contributed by atoms with Crippen LogP contribution < -0.4 is 14.5 Å². The zero-order valence-electron chi connectivity index (χ0n) is 19.9. The second kappa shape index (κ2) is 11.2. The lowest BCUT2D eigenvalue weighted by Crippen LogP contribution is -2.29. The number of aromatic nitrogens is 1. The Labute approximate surface area is 224 Å². The van der Waals surface area contributed by atoms with Crippen molar-refractivity contribution < 1.29 is 17.9 Å². The topological polar surface area (TPSA) is 101 Å². The smallest absolute Gasteiger partial charge is 0.271 e. The summed E-state index contributed by atoms with van der Waals surface area (Å²) in [5.41, 5.74) is 5.14. The lowest BCUT2D eigenvalue weighted by Gasteiger charge is -2.22. The highest BCUT2D eigenvalue weighted by Gasteiger charge is 2.18. The van der Waals surface area contributed by atoms with Crippen molar-refractivity contribution in [3.63, 3.8) is 0 Å². The Balaban J connectivity index is 1.46. The minimum atomic E-state index is -3.58. The highest BCUT2D eigenvalue weighted by Crippen LogP contribution is 2.24. The molecule has 0 aliphatic carbocycles. The quantitative estimate of drug-likeness (QED) is 0.181. The van der Waals surface area contributed by atoms with E-state index in [2.05, 4.69) is 15.5 Å². The van der Waals surface area contributed by atoms with Gasteiger partial charge in [0.2, 0.25) is 10.0 Å². The maximum absolute atomic E-state index is 12.6. The number of anilines is 1. The molecule has 0 unspecified atom stereocenters. The van der Waals surface area contributed by atoms with Gasteiger partial charge in [-0.1, -0.05) is 35.3 Å². The number of carbonyl (C=O) groups excluding carboxylic acids is 1. The molecule has 0 spiro atoms. The van der Waals surface area contributed by atoms with Crippen LogP contribution in [0.5, 0.6) is 5.75 Å². The molecule has 0 saturated carbocycles. The molecule has 0 fully saturated rings. The normalized spacial score (nSPS) is 11.6. The van der Waals surface area contributed by atoms with E-state index in [9.17, 15) is 13.2 Å². The minimum absolute atomic E-state index is 0.124. The van der Waals surface area contributed by atoms with Gasteiger partial charge in [0.1, 0.15) is 10.9 Å². The first-order valence-electron chi connectivity index (χ1n) is 10.9. The number of halogens is 2. The third kappa shape index (κ3) is 6.56. The predicted octanol–water partition coefficient (Wildman–Crippen LogP) is 5.28. The van der Waals surface area contributed by atoms with Crippen LogP contribution in [0.25, 0.3) is 10.9 Å². The molecule has 37 heavy (non-hydrogen) atoms. The molecule has 8 nitrogen and oxygen atoms in total. The first-order chi connectivity index (χ1) is 17.6. The number of amides is 1. The maximum Gasteiger partial charge on any atom is 0.271 e. The minimum Gasteiger partial charge on any atom is -0.497 e. The van der Waals surface area contributed by atoms with Crippen LogP contribution in [0.15, 0.2) is 77.9 Å². The van der Waals surface area contributed by atoms with Crippen molar-refractivity contribution in [1.82, 2.24) is 10.4 Å². The van der Waals surface area contributed by atoms with Gasteiger partial charge in [0.05, 0.1) is 37.3 Å². The Morgan fingerprint density at radius 1 is 1.05 bits per heavy atom. The average Bonchev–Trinajstić information content (AvgIpc) is 2.87. The van der Waals surface area contributed by atoms with Gasteiger partial charge in [0.15, 0.2) is 0 Å². The van der Waals surface area contributed by atoms with Crippen LogP contribution in [0.2, 0.25) is 10.2 Å². The van der Waals surface area contributed by atoms with Gasteiger partial charge in [-0.05, 0) is 60.2 Å². The molecule has 0 atom stereocenters. The van der Waals surface area contributed by atoms with Crippen LogP contribution in [0.3, 0.4) is 0 Å². The van der Waals surface area contributed by atoms with Crippen molar-refractivity contribution in [2.45, 2.75) is 6.54 Å². The first-order valence-corrected chi connectivity index (χ1v) is 13.5. The molecule has 3 aromatic carbocycles. The number of methoxy groups -OCH3 is 1. The molecule has 4 aromatic rings. The summed E-state index contributed by atoms with van der Waals surface area (Å²) in [6, 6.07) is 20.3. The molecule has 190 valence electrons. The van der Waals surface area contributed by atoms with Gasteiger partial charge in [-0.3, -0.25) is 9.10 Å². The van der Waals surface area contributed by atoms with Gasteiger partial charge in [-0.25, -0.2) is 18.8 Å². The Morgan fingerprint density at radius 2 is 1.76 bits per heavy atom. The van der Waals surface area contributed by atoms with Crippen molar-refractivity contribution in [1.29, 1.82) is 0 Å². The van der Waals surface area contributed by atoms with Crippen LogP contribution >= 0.6 is 23.2 Å². The maximum atomic E-state index is 12.6. The van der Waals surface area contributed by atoms with Crippen molar-refractivity contribution in [2.75, 3.05) is 17.7 Å². The number of sulfonamides is 1. The van der Waals surface area contributed by atoms with Gasteiger partial charge < -0.3 is 4.74 Å². The van der Waals surface area contributed by atoms with E-state index in [1.165, 1.54) is 22.7 Å². The van der Waals surface area contributed by atoms with E-state index < -0.39 is 15.9 Å². The van der Waals surface area contributed by atoms with Gasteiger partial charge in [0.25, 0.3) is 5.91 Å². The molecular formula is C26H22Cl2N4O4S. The second-order valence-electron chi connectivity index (χ2n) is 8.07. The second-order valence-corrected chi connectivity index (χ2v) is 10.8. The Morgan fingerprint density at radius 3 is 2.41 bits per heavy atom. The monoisotopic (exact) mass is 556 g/mol. The number of nitrogens with zero attached hydrogens (tertiary/aromatic N) is 3. The van der Waals surface area contributed by atoms with Gasteiger partial charge in [-0.2, -0.15) is 5.10 Å². The SMILES string of the molecule is COc1ccc2cc(C=NNC(=O)c3ccc(N(Cc4ccc(Cl)cc4)S(C)(=O)=O)cc3)c(Cl)nc2c1. The summed E-state index contributed by atoms with van der Waals surface area (Å²) in [6.45, 7) is 0.124. The van der Waals surface area contributed by atoms with Crippen LogP contribution in [-0.2, 0) is 16.6 Å². The summed E-state index contributed by atoms with van der Waals surface area (Å²) in [4.78, 5) is 16.9. The fourth-order valence-corrected chi connectivity index (χ4v) is 4.73. The molecule has 1 N–H and O–H groups in total. The molecule has 1 heterocycles. The van der Waals surface area contributed by atoms with Crippen molar-refractivity contribution in [3.05, 3.63) is 99.7 Å². The molecule has 0 radical (unpaired) electrons. The highest BCUT2D eigenvalue weighted by molar-refractivity contribution is 7.92. The van der Waals surface area contributed by atoms with Crippen LogP contribution in [0.4, 0.5) is 5.69 Å². The van der Waals surface area contributed by atoms with Crippen LogP contribution in [0, 0.1) is 0 Å². The van der Waals surface area contributed by atoms with Gasteiger partial charge >= 0.3 is 0 Å². The largest absolute Gasteiger partial charge is 0.497 e. The third-order valence-corrected chi connectivity index (χ3v) is 7.13. The van der Waals surface area contributed by atoms with Crippen molar-refractivity contribution in [2.24, 2.45) is 5.10 Å². The molecule has 1 amide bonds. The number of benzene rings is 3. The summed E-state index contributed by atoms with van der Waals surface area (Å²) in [5, 5.41) is 5.61. The van der Waals surface area contributed by atoms with E-state index in [1.54, 1.807) is 55.6 Å². The molecule has 0 bridgehead atoms. The Bertz CT molecular complexity index is 1580. The lowest BCUT2D eigenvalue weighted by atomic mass is 10.1. The molecule has 0 aliphatic rings. The molecule has 0 aliphatic heterocycles. The van der Waals surface area contributed by atoms with Gasteiger partial charge in [-0.15, -0.1) is 0 Å². The lowest BCUT2D eigenvalue weighted by molar-refractivity contribution is 0.0955. The summed E-state index contributed by atoms with van der Waals surface area (Å²) in [7, 11) is -2.00. The van der Waals surface area contributed by atoms with Crippen molar-refractivity contribution >= 4 is 61.9 Å². The standard InChI is InChI=1S/C26H22Cl2N4O4S/c1-36-23-12-7-19-13-20(25(28)30-24(19)14-23)15-29-31-26(33)18-5-10-22(11-6-18)32(37(2,34)35)16-17-3-8-21(27)9-4-17/h3-15H,16H2,1-2H3,(H,31,33). The Kier molecular flexibility index (Phi) is 7.97. The molecule has 0 saturated heterocycles. The summed E-state index contributed by atoms with van der Waals surface area (Å²) < 4.78 is 31.3. The third-order valence-electron chi connectivity index (χ3n) is 5.43. The number of nitrogens with one attached hydrogen (secondary N) is 1. The number of fused-ring (bicyclic) bond motifs is 1. The van der Waals surface area contributed by atoms with E-state index in [0.29, 0.717) is 33.1 Å². The van der Waals surface area contributed by atoms with E-state index in [-0.39, 0.29) is 11.7 Å². The molecule has 1 aromatic heterocycles. The summed E-state index contributed by atoms with van der Waals surface area (Å²) in [5.74, 6) is 0.196. The zero-order valence-corrected chi connectivity index (χ0v) is 22.2. The summed E-state index contributed by atoms with van der Waals surface area (Å²) in [6.07, 6.45) is 2.53. The summed E-state index contributed by atoms with van der Waals surface area (Å²) >= 11 is 12.2. The fourth-order valence-electron chi connectivity index (χ4n) is 3.52. The van der Waals surface area contributed by atoms with E-state index in [4.69, 9.17) is 27.9 Å². The molecular weight excluding hydrogens is 535 g/mol. The van der Waals surface area contributed by atoms with Gasteiger partial charge in [0, 0.05) is 27.6 Å². The number of pyridine rings is 1. The van der Waals surface area contributed by atoms with E-state index >= 15 is 0 Å². The molecule has 11 heteroatoms. The van der Waals surface area contributed by atoms with Crippen molar-refractivity contribution in [3.8, 4) is 5.75 Å². The van der Waals surface area contributed by atoms with E-state index in [0.717, 1.165) is 17.2 Å². The first kappa shape index (κ1) is 26.4. The van der Waals surface area contributed by atoms with Crippen LogP contribution in [-0.4, -0.2) is 38.9 Å². The molecule has 4 rings (SSSR count). The fraction of sp³-hybridized carbons (Fsp3) is 0.115. The van der Waals surface area contributed by atoms with E-state index in [1.807, 2.05) is 12.1 Å². The zero-order chi connectivity index (χ0) is 26.6. The number of ether oxygens (including phenoxy) is 1. The average molecular weight is 557 g/mol. The number of hydrazone groups is 1.